The Bertz CT molecular complexity index is 454. The van der Waals surface area contributed by atoms with Gasteiger partial charge in [-0.1, -0.05) is 30.2 Å². The van der Waals surface area contributed by atoms with Gasteiger partial charge in [-0.3, -0.25) is 0 Å². The quantitative estimate of drug-likeness (QED) is 0.842. The number of allylic oxidation sites excluding steroid dienone is 1. The molecule has 0 aliphatic heterocycles. The third-order valence-electron chi connectivity index (χ3n) is 3.74. The van der Waals surface area contributed by atoms with Crippen LogP contribution >= 0.6 is 0 Å². The summed E-state index contributed by atoms with van der Waals surface area (Å²) in [6.45, 7) is 0. The van der Waals surface area contributed by atoms with Crippen molar-refractivity contribution < 1.29 is 9.47 Å². The maximum Gasteiger partial charge on any atom is 0.165 e. The van der Waals surface area contributed by atoms with Crippen LogP contribution in [0.2, 0.25) is 0 Å². The van der Waals surface area contributed by atoms with Crippen LogP contribution in [0.25, 0.3) is 0 Å². The van der Waals surface area contributed by atoms with Crippen LogP contribution in [0.5, 0.6) is 11.5 Å². The SMILES string of the molecule is COc1cccc(C(N)C2=CCCCCC2)c1OC. The normalized spacial score (nSPS) is 17.3. The van der Waals surface area contributed by atoms with E-state index in [0.29, 0.717) is 0 Å². The number of ether oxygens (including phenoxy) is 2. The fourth-order valence-electron chi connectivity index (χ4n) is 2.68. The summed E-state index contributed by atoms with van der Waals surface area (Å²) >= 11 is 0. The lowest BCUT2D eigenvalue weighted by Gasteiger charge is -2.20. The van der Waals surface area contributed by atoms with Gasteiger partial charge in [-0.15, -0.1) is 0 Å². The number of hydrogen-bond donors (Lipinski definition) is 1. The molecule has 2 rings (SSSR count). The summed E-state index contributed by atoms with van der Waals surface area (Å²) in [4.78, 5) is 0. The summed E-state index contributed by atoms with van der Waals surface area (Å²) in [6.07, 6.45) is 8.31. The third kappa shape index (κ3) is 3.10. The molecule has 0 spiro atoms. The van der Waals surface area contributed by atoms with E-state index in [1.165, 1.54) is 24.8 Å². The van der Waals surface area contributed by atoms with Crippen molar-refractivity contribution in [2.24, 2.45) is 5.73 Å². The summed E-state index contributed by atoms with van der Waals surface area (Å²) in [6, 6.07) is 5.80. The van der Waals surface area contributed by atoms with Gasteiger partial charge in [0.25, 0.3) is 0 Å². The van der Waals surface area contributed by atoms with Gasteiger partial charge in [0.15, 0.2) is 11.5 Å². The van der Waals surface area contributed by atoms with E-state index in [1.807, 2.05) is 18.2 Å². The van der Waals surface area contributed by atoms with E-state index in [9.17, 15) is 0 Å². The van der Waals surface area contributed by atoms with E-state index in [4.69, 9.17) is 15.2 Å². The van der Waals surface area contributed by atoms with Gasteiger partial charge in [-0.2, -0.15) is 0 Å². The first kappa shape index (κ1) is 13.9. The van der Waals surface area contributed by atoms with Crippen molar-refractivity contribution in [3.8, 4) is 11.5 Å². The highest BCUT2D eigenvalue weighted by Crippen LogP contribution is 2.37. The van der Waals surface area contributed by atoms with Crippen LogP contribution in [-0.2, 0) is 0 Å². The maximum atomic E-state index is 6.44. The monoisotopic (exact) mass is 261 g/mol. The molecule has 0 bridgehead atoms. The molecule has 1 atom stereocenters. The molecular formula is C16H23NO2. The lowest BCUT2D eigenvalue weighted by molar-refractivity contribution is 0.350. The largest absolute Gasteiger partial charge is 0.493 e. The fourth-order valence-corrected chi connectivity index (χ4v) is 2.68. The van der Waals surface area contributed by atoms with E-state index in [2.05, 4.69) is 6.08 Å². The second kappa shape index (κ2) is 6.62. The van der Waals surface area contributed by atoms with Crippen LogP contribution in [0, 0.1) is 0 Å². The smallest absolute Gasteiger partial charge is 0.165 e. The van der Waals surface area contributed by atoms with Crippen molar-refractivity contribution >= 4 is 0 Å². The number of rotatable bonds is 4. The molecule has 1 aliphatic carbocycles. The zero-order valence-electron chi connectivity index (χ0n) is 11.8. The first-order valence-corrected chi connectivity index (χ1v) is 6.93. The highest BCUT2D eigenvalue weighted by Gasteiger charge is 2.19. The topological polar surface area (TPSA) is 44.5 Å². The molecule has 104 valence electrons. The van der Waals surface area contributed by atoms with Gasteiger partial charge in [-0.05, 0) is 31.7 Å². The molecule has 2 N–H and O–H groups in total. The Labute approximate surface area is 115 Å². The summed E-state index contributed by atoms with van der Waals surface area (Å²) in [5, 5.41) is 0. The molecule has 1 unspecified atom stereocenters. The Morgan fingerprint density at radius 3 is 2.68 bits per heavy atom. The zero-order valence-corrected chi connectivity index (χ0v) is 11.8. The van der Waals surface area contributed by atoms with Crippen LogP contribution in [0.4, 0.5) is 0 Å². The molecule has 19 heavy (non-hydrogen) atoms. The van der Waals surface area contributed by atoms with Gasteiger partial charge < -0.3 is 15.2 Å². The molecule has 0 saturated carbocycles. The Balaban J connectivity index is 2.32. The second-order valence-electron chi connectivity index (χ2n) is 4.94. The van der Waals surface area contributed by atoms with Crippen molar-refractivity contribution in [1.29, 1.82) is 0 Å². The first-order valence-electron chi connectivity index (χ1n) is 6.93. The number of methoxy groups -OCH3 is 2. The molecule has 0 radical (unpaired) electrons. The molecule has 0 fully saturated rings. The summed E-state index contributed by atoms with van der Waals surface area (Å²) in [5.74, 6) is 1.49. The molecule has 0 heterocycles. The predicted octanol–water partition coefficient (Wildman–Crippen LogP) is 3.59. The summed E-state index contributed by atoms with van der Waals surface area (Å²) < 4.78 is 10.8. The fraction of sp³-hybridized carbons (Fsp3) is 0.500. The Kier molecular flexibility index (Phi) is 4.86. The van der Waals surface area contributed by atoms with Gasteiger partial charge >= 0.3 is 0 Å². The van der Waals surface area contributed by atoms with Gasteiger partial charge in [0.1, 0.15) is 0 Å². The zero-order chi connectivity index (χ0) is 13.7. The van der Waals surface area contributed by atoms with Crippen molar-refractivity contribution in [1.82, 2.24) is 0 Å². The van der Waals surface area contributed by atoms with Crippen LogP contribution < -0.4 is 15.2 Å². The molecule has 3 heteroatoms. The van der Waals surface area contributed by atoms with Gasteiger partial charge in [0.2, 0.25) is 0 Å². The van der Waals surface area contributed by atoms with Crippen molar-refractivity contribution in [2.75, 3.05) is 14.2 Å². The van der Waals surface area contributed by atoms with Crippen LogP contribution in [-0.4, -0.2) is 14.2 Å². The Morgan fingerprint density at radius 2 is 1.95 bits per heavy atom. The standard InChI is InChI=1S/C16H23NO2/c1-18-14-11-7-10-13(16(14)19-2)15(17)12-8-5-3-4-6-9-12/h7-8,10-11,15H,3-6,9,17H2,1-2H3. The average molecular weight is 261 g/mol. The molecular weight excluding hydrogens is 238 g/mol. The molecule has 1 aromatic carbocycles. The van der Waals surface area contributed by atoms with E-state index >= 15 is 0 Å². The Hall–Kier alpha value is -1.48. The number of nitrogens with two attached hydrogens (primary N) is 1. The molecule has 3 nitrogen and oxygen atoms in total. The second-order valence-corrected chi connectivity index (χ2v) is 4.94. The van der Waals surface area contributed by atoms with Gasteiger partial charge in [0.05, 0.1) is 20.3 Å². The van der Waals surface area contributed by atoms with Crippen molar-refractivity contribution in [3.63, 3.8) is 0 Å². The summed E-state index contributed by atoms with van der Waals surface area (Å²) in [7, 11) is 3.31. The molecule has 0 amide bonds. The molecule has 1 aliphatic rings. The minimum atomic E-state index is -0.0943. The lowest BCUT2D eigenvalue weighted by atomic mass is 9.95. The minimum Gasteiger partial charge on any atom is -0.493 e. The highest BCUT2D eigenvalue weighted by atomic mass is 16.5. The highest BCUT2D eigenvalue weighted by molar-refractivity contribution is 5.50. The molecule has 0 saturated heterocycles. The number of hydrogen-bond acceptors (Lipinski definition) is 3. The lowest BCUT2D eigenvalue weighted by Crippen LogP contribution is -2.14. The van der Waals surface area contributed by atoms with Crippen LogP contribution in [0.15, 0.2) is 29.8 Å². The Morgan fingerprint density at radius 1 is 1.11 bits per heavy atom. The summed E-state index contributed by atoms with van der Waals surface area (Å²) in [5.41, 5.74) is 8.77. The average Bonchev–Trinajstić information content (AvgIpc) is 2.74. The first-order chi connectivity index (χ1) is 9.27. The molecule has 1 aromatic rings. The van der Waals surface area contributed by atoms with Crippen molar-refractivity contribution in [3.05, 3.63) is 35.4 Å². The van der Waals surface area contributed by atoms with E-state index in [-0.39, 0.29) is 6.04 Å². The van der Waals surface area contributed by atoms with Gasteiger partial charge in [-0.25, -0.2) is 0 Å². The third-order valence-corrected chi connectivity index (χ3v) is 3.74. The maximum absolute atomic E-state index is 6.44. The minimum absolute atomic E-state index is 0.0943. The van der Waals surface area contributed by atoms with E-state index < -0.39 is 0 Å². The van der Waals surface area contributed by atoms with Crippen LogP contribution in [0.3, 0.4) is 0 Å². The molecule has 0 aromatic heterocycles. The number of benzene rings is 1. The van der Waals surface area contributed by atoms with Crippen molar-refractivity contribution in [2.45, 2.75) is 38.1 Å². The van der Waals surface area contributed by atoms with E-state index in [1.54, 1.807) is 14.2 Å². The van der Waals surface area contributed by atoms with Gasteiger partial charge in [0, 0.05) is 5.56 Å². The van der Waals surface area contributed by atoms with Crippen LogP contribution in [0.1, 0.15) is 43.7 Å². The predicted molar refractivity (Wildman–Crippen MR) is 77.6 cm³/mol. The number of para-hydroxylation sites is 1. The van der Waals surface area contributed by atoms with E-state index in [0.717, 1.165) is 29.9 Å².